The summed E-state index contributed by atoms with van der Waals surface area (Å²) >= 11 is 0. The van der Waals surface area contributed by atoms with E-state index in [9.17, 15) is 0 Å². The van der Waals surface area contributed by atoms with Crippen LogP contribution < -0.4 is 0 Å². The van der Waals surface area contributed by atoms with Crippen LogP contribution in [0.25, 0.3) is 89.3 Å². The Balaban J connectivity index is 1.03. The Labute approximate surface area is 321 Å². The number of rotatable bonds is 6. The normalized spacial score (nSPS) is 12.7. The molecule has 2 heterocycles. The fourth-order valence-corrected chi connectivity index (χ4v) is 8.24. The Morgan fingerprint density at radius 1 is 0.382 bits per heavy atom. The Morgan fingerprint density at radius 3 is 1.67 bits per heavy atom. The monoisotopic (exact) mass is 703 g/mol. The second kappa shape index (κ2) is 13.2. The predicted octanol–water partition coefficient (Wildman–Crippen LogP) is 13.3. The van der Waals surface area contributed by atoms with E-state index in [0.29, 0.717) is 5.82 Å². The fraction of sp³-hybridized carbons (Fsp3) is 0.0577. The van der Waals surface area contributed by atoms with Crippen molar-refractivity contribution in [3.05, 3.63) is 199 Å². The number of hydrogen-bond donors (Lipinski definition) is 0. The molecule has 0 amide bonds. The van der Waals surface area contributed by atoms with E-state index in [1.54, 1.807) is 0 Å². The minimum Gasteiger partial charge on any atom is -0.256 e. The molecule has 0 saturated heterocycles. The molecule has 260 valence electrons. The first-order chi connectivity index (χ1) is 27.0. The van der Waals surface area contributed by atoms with Crippen molar-refractivity contribution in [2.45, 2.75) is 19.3 Å². The van der Waals surface area contributed by atoms with Gasteiger partial charge in [-0.25, -0.2) is 9.97 Å². The van der Waals surface area contributed by atoms with E-state index in [0.717, 1.165) is 50.5 Å². The Morgan fingerprint density at radius 2 is 0.945 bits per heavy atom. The van der Waals surface area contributed by atoms with Crippen LogP contribution in [0, 0.1) is 0 Å². The fourth-order valence-electron chi connectivity index (χ4n) is 8.24. The lowest BCUT2D eigenvalue weighted by Crippen LogP contribution is -2.14. The van der Waals surface area contributed by atoms with Gasteiger partial charge in [0.15, 0.2) is 5.82 Å². The van der Waals surface area contributed by atoms with Crippen LogP contribution in [0.2, 0.25) is 0 Å². The molecule has 2 aromatic heterocycles. The van der Waals surface area contributed by atoms with Crippen LogP contribution in [-0.4, -0.2) is 15.0 Å². The minimum absolute atomic E-state index is 0.0557. The molecule has 10 rings (SSSR count). The highest BCUT2D eigenvalue weighted by Crippen LogP contribution is 2.52. The van der Waals surface area contributed by atoms with Crippen LogP contribution in [0.4, 0.5) is 0 Å². The topological polar surface area (TPSA) is 38.7 Å². The SMILES string of the molecule is CC1(C)c2ccc(-c3cccc(-c4cccc(-c5cc(-c6ccc(-c7ccccn7)cc6)nc(-c6ccccc6)n5)c4)c3)cc2-c2c1ccc1ccccc21. The number of aromatic nitrogens is 3. The maximum absolute atomic E-state index is 5.13. The number of pyridine rings is 1. The van der Waals surface area contributed by atoms with Crippen molar-refractivity contribution in [2.75, 3.05) is 0 Å². The summed E-state index contributed by atoms with van der Waals surface area (Å²) in [5.74, 6) is 0.698. The quantitative estimate of drug-likeness (QED) is 0.173. The first-order valence-electron chi connectivity index (χ1n) is 18.8. The molecule has 0 aliphatic heterocycles. The Kier molecular flexibility index (Phi) is 7.81. The van der Waals surface area contributed by atoms with Gasteiger partial charge in [-0.1, -0.05) is 159 Å². The lowest BCUT2D eigenvalue weighted by atomic mass is 9.82. The molecule has 0 atom stereocenters. The zero-order chi connectivity index (χ0) is 36.9. The number of nitrogens with zero attached hydrogens (tertiary/aromatic N) is 3. The van der Waals surface area contributed by atoms with Gasteiger partial charge in [0.1, 0.15) is 0 Å². The third kappa shape index (κ3) is 5.82. The zero-order valence-electron chi connectivity index (χ0n) is 30.7. The smallest absolute Gasteiger partial charge is 0.160 e. The highest BCUT2D eigenvalue weighted by atomic mass is 14.9. The van der Waals surface area contributed by atoms with E-state index < -0.39 is 0 Å². The number of hydrogen-bond acceptors (Lipinski definition) is 3. The van der Waals surface area contributed by atoms with Gasteiger partial charge in [0.05, 0.1) is 17.1 Å². The average molecular weight is 704 g/mol. The molecule has 9 aromatic rings. The lowest BCUT2D eigenvalue weighted by Gasteiger charge is -2.21. The van der Waals surface area contributed by atoms with E-state index >= 15 is 0 Å². The predicted molar refractivity (Wildman–Crippen MR) is 228 cm³/mol. The molecule has 3 nitrogen and oxygen atoms in total. The molecule has 3 heteroatoms. The van der Waals surface area contributed by atoms with Crippen molar-refractivity contribution in [1.82, 2.24) is 15.0 Å². The molecule has 0 saturated carbocycles. The Bertz CT molecular complexity index is 2870. The number of benzene rings is 7. The molecule has 1 aliphatic carbocycles. The van der Waals surface area contributed by atoms with E-state index in [4.69, 9.17) is 9.97 Å². The molecule has 0 N–H and O–H groups in total. The summed E-state index contributed by atoms with van der Waals surface area (Å²) in [6.45, 7) is 4.70. The first-order valence-corrected chi connectivity index (χ1v) is 18.8. The summed E-state index contributed by atoms with van der Waals surface area (Å²) in [6.07, 6.45) is 1.82. The summed E-state index contributed by atoms with van der Waals surface area (Å²) in [5.41, 5.74) is 17.0. The van der Waals surface area contributed by atoms with Gasteiger partial charge in [0.25, 0.3) is 0 Å². The molecule has 0 radical (unpaired) electrons. The van der Waals surface area contributed by atoms with Crippen LogP contribution in [0.3, 0.4) is 0 Å². The summed E-state index contributed by atoms with van der Waals surface area (Å²) in [7, 11) is 0. The van der Waals surface area contributed by atoms with Crippen molar-refractivity contribution >= 4 is 10.8 Å². The maximum atomic E-state index is 5.13. The van der Waals surface area contributed by atoms with Crippen LogP contribution in [0.5, 0.6) is 0 Å². The molecular formula is C52H37N3. The van der Waals surface area contributed by atoms with Crippen molar-refractivity contribution in [3.63, 3.8) is 0 Å². The molecule has 0 bridgehead atoms. The van der Waals surface area contributed by atoms with E-state index in [1.165, 1.54) is 44.2 Å². The second-order valence-corrected chi connectivity index (χ2v) is 14.9. The van der Waals surface area contributed by atoms with Gasteiger partial charge in [-0.05, 0) is 91.7 Å². The molecule has 0 fully saturated rings. The third-order valence-electron chi connectivity index (χ3n) is 11.2. The number of fused-ring (bicyclic) bond motifs is 5. The summed E-state index contributed by atoms with van der Waals surface area (Å²) in [5, 5.41) is 2.60. The van der Waals surface area contributed by atoms with Crippen LogP contribution in [0.15, 0.2) is 188 Å². The van der Waals surface area contributed by atoms with E-state index in [1.807, 2.05) is 42.6 Å². The second-order valence-electron chi connectivity index (χ2n) is 14.9. The molecule has 1 aliphatic rings. The van der Waals surface area contributed by atoms with Gasteiger partial charge in [0, 0.05) is 33.9 Å². The molecule has 0 spiro atoms. The molecule has 0 unspecified atom stereocenters. The zero-order valence-corrected chi connectivity index (χ0v) is 30.7. The molecule has 55 heavy (non-hydrogen) atoms. The van der Waals surface area contributed by atoms with Gasteiger partial charge in [-0.3, -0.25) is 4.98 Å². The highest BCUT2D eigenvalue weighted by Gasteiger charge is 2.36. The maximum Gasteiger partial charge on any atom is 0.160 e. The van der Waals surface area contributed by atoms with Gasteiger partial charge in [-0.2, -0.15) is 0 Å². The van der Waals surface area contributed by atoms with Crippen LogP contribution in [-0.2, 0) is 5.41 Å². The summed E-state index contributed by atoms with van der Waals surface area (Å²) in [6, 6.07) is 64.8. The van der Waals surface area contributed by atoms with E-state index in [-0.39, 0.29) is 5.41 Å². The summed E-state index contributed by atoms with van der Waals surface area (Å²) < 4.78 is 0. The average Bonchev–Trinajstić information content (AvgIpc) is 3.49. The van der Waals surface area contributed by atoms with Crippen LogP contribution >= 0.6 is 0 Å². The first kappa shape index (κ1) is 32.7. The standard InChI is InChI=1S/C52H37N3/c1-52(2)45-27-26-41(32-44(45)50-43-19-7-6-12-34(43)25-28-46(50)52)39-16-10-15-38(30-39)40-17-11-18-42(31-40)49-33-48(54-51(55-49)37-13-4-3-5-14-37)36-23-21-35(22-24-36)47-20-8-9-29-53-47/h3-33H,1-2H3. The van der Waals surface area contributed by atoms with Crippen molar-refractivity contribution in [1.29, 1.82) is 0 Å². The molecular weight excluding hydrogens is 667 g/mol. The third-order valence-corrected chi connectivity index (χ3v) is 11.2. The molecule has 7 aromatic carbocycles. The van der Waals surface area contributed by atoms with Gasteiger partial charge < -0.3 is 0 Å². The van der Waals surface area contributed by atoms with Gasteiger partial charge >= 0.3 is 0 Å². The Hall–Kier alpha value is -6.97. The van der Waals surface area contributed by atoms with Crippen molar-refractivity contribution in [2.24, 2.45) is 0 Å². The van der Waals surface area contributed by atoms with Gasteiger partial charge in [-0.15, -0.1) is 0 Å². The van der Waals surface area contributed by atoms with Crippen molar-refractivity contribution < 1.29 is 0 Å². The van der Waals surface area contributed by atoms with Gasteiger partial charge in [0.2, 0.25) is 0 Å². The summed E-state index contributed by atoms with van der Waals surface area (Å²) in [4.78, 5) is 14.7. The largest absolute Gasteiger partial charge is 0.256 e. The lowest BCUT2D eigenvalue weighted by molar-refractivity contribution is 0.661. The van der Waals surface area contributed by atoms with E-state index in [2.05, 4.69) is 164 Å². The highest BCUT2D eigenvalue weighted by molar-refractivity contribution is 6.03. The van der Waals surface area contributed by atoms with Crippen molar-refractivity contribution in [3.8, 4) is 78.5 Å². The minimum atomic E-state index is -0.0557. The van der Waals surface area contributed by atoms with Crippen LogP contribution in [0.1, 0.15) is 25.0 Å².